The highest BCUT2D eigenvalue weighted by Crippen LogP contribution is 2.26. The van der Waals surface area contributed by atoms with Crippen LogP contribution in [0.3, 0.4) is 0 Å². The second-order valence-corrected chi connectivity index (χ2v) is 7.36. The minimum absolute atomic E-state index is 0.419. The van der Waals surface area contributed by atoms with E-state index in [-0.39, 0.29) is 0 Å². The zero-order valence-electron chi connectivity index (χ0n) is 18.3. The van der Waals surface area contributed by atoms with Crippen LogP contribution in [0.2, 0.25) is 0 Å². The molecule has 1 aliphatic heterocycles. The third-order valence-electron chi connectivity index (χ3n) is 5.00. The van der Waals surface area contributed by atoms with Crippen molar-refractivity contribution in [2.75, 3.05) is 66.1 Å². The van der Waals surface area contributed by atoms with Crippen LogP contribution in [0.4, 0.5) is 0 Å². The fourth-order valence-electron chi connectivity index (χ4n) is 3.36. The van der Waals surface area contributed by atoms with Gasteiger partial charge in [0.15, 0.2) is 0 Å². The molecule has 0 spiro atoms. The molecule has 4 bridgehead atoms. The van der Waals surface area contributed by atoms with Crippen LogP contribution in [0.5, 0.6) is 11.8 Å². The summed E-state index contributed by atoms with van der Waals surface area (Å²) in [5.41, 5.74) is 1.56. The molecule has 0 saturated carbocycles. The van der Waals surface area contributed by atoms with Gasteiger partial charge in [-0.05, 0) is 25.0 Å². The van der Waals surface area contributed by atoms with Gasteiger partial charge in [0.25, 0.3) is 0 Å². The summed E-state index contributed by atoms with van der Waals surface area (Å²) in [6, 6.07) is 11.8. The van der Waals surface area contributed by atoms with Crippen molar-refractivity contribution in [3.05, 3.63) is 36.4 Å². The Balaban J connectivity index is 1.44. The van der Waals surface area contributed by atoms with Gasteiger partial charge in [0.05, 0.1) is 39.6 Å². The van der Waals surface area contributed by atoms with E-state index in [0.29, 0.717) is 77.8 Å². The van der Waals surface area contributed by atoms with Gasteiger partial charge in [0.2, 0.25) is 11.8 Å². The van der Waals surface area contributed by atoms with Crippen LogP contribution in [-0.4, -0.2) is 76.0 Å². The summed E-state index contributed by atoms with van der Waals surface area (Å²) in [6.45, 7) is 5.44. The smallest absolute Gasteiger partial charge is 0.213 e. The Morgan fingerprint density at radius 2 is 0.812 bits per heavy atom. The summed E-state index contributed by atoms with van der Waals surface area (Å²) in [4.78, 5) is 9.36. The predicted molar refractivity (Wildman–Crippen MR) is 121 cm³/mol. The lowest BCUT2D eigenvalue weighted by Crippen LogP contribution is -2.12. The van der Waals surface area contributed by atoms with Gasteiger partial charge in [0.1, 0.15) is 24.2 Å². The van der Waals surface area contributed by atoms with E-state index in [1.165, 1.54) is 0 Å². The first-order valence-corrected chi connectivity index (χ1v) is 11.2. The first-order valence-electron chi connectivity index (χ1n) is 11.2. The number of fused-ring (bicyclic) bond motifs is 2. The van der Waals surface area contributed by atoms with Gasteiger partial charge in [-0.25, -0.2) is 9.97 Å². The van der Waals surface area contributed by atoms with Crippen molar-refractivity contribution >= 4 is 21.8 Å². The van der Waals surface area contributed by atoms with E-state index in [1.54, 1.807) is 0 Å². The maximum absolute atomic E-state index is 5.78. The molecule has 0 fully saturated rings. The number of nitrogens with zero attached hydrogens (tertiary/aromatic N) is 2. The summed E-state index contributed by atoms with van der Waals surface area (Å²) in [5, 5.41) is 1.99. The van der Waals surface area contributed by atoms with Crippen molar-refractivity contribution in [3.63, 3.8) is 0 Å². The fraction of sp³-hybridized carbons (Fsp3) is 0.500. The Morgan fingerprint density at radius 1 is 0.438 bits per heavy atom. The SMILES string of the molecule is c1cc2ccc3ccc4nc3c2nc1OCCOCCOCCCCOCCOCCO4. The monoisotopic (exact) mass is 442 g/mol. The molecular formula is C24H30N2O6. The average Bonchev–Trinajstić information content (AvgIpc) is 2.82. The molecule has 1 aliphatic rings. The summed E-state index contributed by atoms with van der Waals surface area (Å²) in [6.07, 6.45) is 1.93. The van der Waals surface area contributed by atoms with E-state index in [4.69, 9.17) is 28.4 Å². The Bertz CT molecular complexity index is 905. The molecular weight excluding hydrogens is 412 g/mol. The largest absolute Gasteiger partial charge is 0.475 e. The number of ether oxygens (including phenoxy) is 6. The number of aromatic nitrogens is 2. The van der Waals surface area contributed by atoms with Gasteiger partial charge in [-0.15, -0.1) is 0 Å². The van der Waals surface area contributed by atoms with Crippen LogP contribution in [0.15, 0.2) is 36.4 Å². The van der Waals surface area contributed by atoms with E-state index in [0.717, 1.165) is 34.6 Å². The molecule has 0 amide bonds. The van der Waals surface area contributed by atoms with Crippen LogP contribution >= 0.6 is 0 Å². The zero-order chi connectivity index (χ0) is 21.8. The molecule has 0 aliphatic carbocycles. The van der Waals surface area contributed by atoms with Crippen molar-refractivity contribution in [2.24, 2.45) is 0 Å². The molecule has 0 N–H and O–H groups in total. The van der Waals surface area contributed by atoms with Crippen LogP contribution in [-0.2, 0) is 18.9 Å². The van der Waals surface area contributed by atoms with Crippen LogP contribution < -0.4 is 9.47 Å². The lowest BCUT2D eigenvalue weighted by Gasteiger charge is -2.11. The van der Waals surface area contributed by atoms with Gasteiger partial charge in [-0.2, -0.15) is 0 Å². The highest BCUT2D eigenvalue weighted by Gasteiger charge is 2.08. The fourth-order valence-corrected chi connectivity index (χ4v) is 3.36. The number of hydrogen-bond acceptors (Lipinski definition) is 8. The molecule has 2 aromatic heterocycles. The Morgan fingerprint density at radius 3 is 1.28 bits per heavy atom. The third kappa shape index (κ3) is 6.74. The summed E-state index contributed by atoms with van der Waals surface area (Å²) >= 11 is 0. The number of rotatable bonds is 0. The van der Waals surface area contributed by atoms with E-state index >= 15 is 0 Å². The highest BCUT2D eigenvalue weighted by atomic mass is 16.6. The molecule has 0 atom stereocenters. The van der Waals surface area contributed by atoms with Crippen molar-refractivity contribution < 1.29 is 28.4 Å². The Labute approximate surface area is 187 Å². The highest BCUT2D eigenvalue weighted by molar-refractivity contribution is 6.03. The van der Waals surface area contributed by atoms with Crippen molar-refractivity contribution in [2.45, 2.75) is 12.8 Å². The molecule has 8 nitrogen and oxygen atoms in total. The standard InChI is InChI=1S/C24H30N2O6/c1-2-10-28-12-14-30-16-18-32-22-8-6-20-4-3-19-5-7-21(25-23(19)24(20)26-22)31-17-15-29-13-11-27-9-1/h3-8H,1-2,9-18H2. The molecule has 0 unspecified atom stereocenters. The van der Waals surface area contributed by atoms with Gasteiger partial charge in [0, 0.05) is 36.1 Å². The first kappa shape index (κ1) is 22.7. The van der Waals surface area contributed by atoms with Crippen molar-refractivity contribution in [1.29, 1.82) is 0 Å². The van der Waals surface area contributed by atoms with E-state index in [1.807, 2.05) is 36.4 Å². The lowest BCUT2D eigenvalue weighted by atomic mass is 10.1. The van der Waals surface area contributed by atoms with Gasteiger partial charge in [-0.1, -0.05) is 12.1 Å². The lowest BCUT2D eigenvalue weighted by molar-refractivity contribution is 0.0244. The van der Waals surface area contributed by atoms with E-state index in [2.05, 4.69) is 9.97 Å². The molecule has 4 rings (SSSR count). The maximum atomic E-state index is 5.78. The van der Waals surface area contributed by atoms with Crippen LogP contribution in [0.25, 0.3) is 21.8 Å². The van der Waals surface area contributed by atoms with Crippen LogP contribution in [0.1, 0.15) is 12.8 Å². The second-order valence-electron chi connectivity index (χ2n) is 7.36. The maximum Gasteiger partial charge on any atom is 0.213 e. The van der Waals surface area contributed by atoms with Crippen LogP contribution in [0, 0.1) is 0 Å². The first-order chi connectivity index (χ1) is 15.9. The molecule has 3 heterocycles. The van der Waals surface area contributed by atoms with Crippen molar-refractivity contribution in [3.8, 4) is 11.8 Å². The third-order valence-corrected chi connectivity index (χ3v) is 5.00. The Kier molecular flexibility index (Phi) is 8.85. The Hall–Kier alpha value is -2.52. The molecule has 172 valence electrons. The molecule has 3 aromatic rings. The van der Waals surface area contributed by atoms with Gasteiger partial charge >= 0.3 is 0 Å². The number of hydrogen-bond donors (Lipinski definition) is 0. The predicted octanol–water partition coefficient (Wildman–Crippen LogP) is 3.40. The topological polar surface area (TPSA) is 81.2 Å². The minimum Gasteiger partial charge on any atom is -0.475 e. The van der Waals surface area contributed by atoms with Gasteiger partial charge in [-0.3, -0.25) is 0 Å². The minimum atomic E-state index is 0.419. The zero-order valence-corrected chi connectivity index (χ0v) is 18.3. The summed E-state index contributed by atoms with van der Waals surface area (Å²) in [7, 11) is 0. The normalized spacial score (nSPS) is 18.4. The van der Waals surface area contributed by atoms with Gasteiger partial charge < -0.3 is 28.4 Å². The quantitative estimate of drug-likeness (QED) is 0.490. The summed E-state index contributed by atoms with van der Waals surface area (Å²) in [5.74, 6) is 1.09. The molecule has 1 aromatic carbocycles. The second kappa shape index (κ2) is 12.5. The summed E-state index contributed by atoms with van der Waals surface area (Å²) < 4.78 is 33.9. The molecule has 0 saturated heterocycles. The molecule has 8 heteroatoms. The molecule has 32 heavy (non-hydrogen) atoms. The molecule has 0 radical (unpaired) electrons. The van der Waals surface area contributed by atoms with E-state index in [9.17, 15) is 0 Å². The number of benzene rings is 1. The average molecular weight is 443 g/mol. The van der Waals surface area contributed by atoms with E-state index < -0.39 is 0 Å². The van der Waals surface area contributed by atoms with Crippen molar-refractivity contribution in [1.82, 2.24) is 9.97 Å². The number of pyridine rings is 2.